The highest BCUT2D eigenvalue weighted by molar-refractivity contribution is 9.10. The minimum absolute atomic E-state index is 0.251. The Balaban J connectivity index is 2.41. The smallest absolute Gasteiger partial charge is 0.147 e. The molecule has 0 atom stereocenters. The number of nitrogen functional groups attached to an aromatic ring is 1. The van der Waals surface area contributed by atoms with Crippen molar-refractivity contribution in [1.29, 1.82) is 0 Å². The van der Waals surface area contributed by atoms with E-state index in [4.69, 9.17) is 5.73 Å². The van der Waals surface area contributed by atoms with Crippen LogP contribution in [0.4, 0.5) is 21.6 Å². The van der Waals surface area contributed by atoms with Gasteiger partial charge in [0.25, 0.3) is 0 Å². The Bertz CT molecular complexity index is 542. The molecule has 0 aliphatic carbocycles. The quantitative estimate of drug-likeness (QED) is 0.939. The normalized spacial score (nSPS) is 10.4. The maximum absolute atomic E-state index is 12.9. The molecule has 2 N–H and O–H groups in total. The van der Waals surface area contributed by atoms with Gasteiger partial charge in [-0.15, -0.1) is 0 Å². The SMILES string of the molecule is CCN(c1ccc(F)cc1)c1ncc(N)cc1Br. The Kier molecular flexibility index (Phi) is 3.81. The molecular weight excluding hydrogens is 297 g/mol. The summed E-state index contributed by atoms with van der Waals surface area (Å²) in [6.07, 6.45) is 1.60. The molecule has 18 heavy (non-hydrogen) atoms. The molecule has 0 aliphatic heterocycles. The Morgan fingerprint density at radius 1 is 1.33 bits per heavy atom. The molecule has 0 aliphatic rings. The lowest BCUT2D eigenvalue weighted by atomic mass is 10.2. The van der Waals surface area contributed by atoms with Crippen molar-refractivity contribution in [2.24, 2.45) is 0 Å². The van der Waals surface area contributed by atoms with Crippen LogP contribution in [-0.2, 0) is 0 Å². The molecule has 0 fully saturated rings. The molecule has 0 amide bonds. The standard InChI is InChI=1S/C13H13BrFN3/c1-2-18(11-5-3-9(15)4-6-11)13-12(14)7-10(16)8-17-13/h3-8H,2,16H2,1H3. The van der Waals surface area contributed by atoms with Gasteiger partial charge in [-0.1, -0.05) is 0 Å². The highest BCUT2D eigenvalue weighted by atomic mass is 79.9. The molecular formula is C13H13BrFN3. The van der Waals surface area contributed by atoms with E-state index in [0.717, 1.165) is 22.5 Å². The van der Waals surface area contributed by atoms with Gasteiger partial charge in [-0.05, 0) is 53.2 Å². The second kappa shape index (κ2) is 5.35. The fourth-order valence-electron chi connectivity index (χ4n) is 1.72. The molecule has 0 saturated carbocycles. The van der Waals surface area contributed by atoms with Crippen molar-refractivity contribution in [1.82, 2.24) is 4.98 Å². The number of rotatable bonds is 3. The largest absolute Gasteiger partial charge is 0.397 e. The van der Waals surface area contributed by atoms with Crippen LogP contribution in [0.2, 0.25) is 0 Å². The summed E-state index contributed by atoms with van der Waals surface area (Å²) in [6.45, 7) is 2.73. The Labute approximate surface area is 114 Å². The molecule has 94 valence electrons. The molecule has 3 nitrogen and oxygen atoms in total. The molecule has 1 aromatic carbocycles. The maximum Gasteiger partial charge on any atom is 0.147 e. The number of pyridine rings is 1. The van der Waals surface area contributed by atoms with E-state index >= 15 is 0 Å². The van der Waals surface area contributed by atoms with Crippen LogP contribution in [0.5, 0.6) is 0 Å². The Hall–Kier alpha value is -1.62. The van der Waals surface area contributed by atoms with Crippen molar-refractivity contribution in [3.05, 3.63) is 46.8 Å². The third kappa shape index (κ3) is 2.61. The number of anilines is 3. The summed E-state index contributed by atoms with van der Waals surface area (Å²) in [5.74, 6) is 0.512. The van der Waals surface area contributed by atoms with Crippen LogP contribution in [0.15, 0.2) is 41.0 Å². The summed E-state index contributed by atoms with van der Waals surface area (Å²) < 4.78 is 13.7. The molecule has 2 rings (SSSR count). The van der Waals surface area contributed by atoms with Gasteiger partial charge < -0.3 is 10.6 Å². The average Bonchev–Trinajstić information content (AvgIpc) is 2.35. The van der Waals surface area contributed by atoms with E-state index in [1.807, 2.05) is 11.8 Å². The van der Waals surface area contributed by atoms with Crippen molar-refractivity contribution in [2.75, 3.05) is 17.2 Å². The van der Waals surface area contributed by atoms with Gasteiger partial charge in [-0.25, -0.2) is 9.37 Å². The molecule has 0 bridgehead atoms. The lowest BCUT2D eigenvalue weighted by Crippen LogP contribution is -2.18. The minimum atomic E-state index is -0.251. The monoisotopic (exact) mass is 309 g/mol. The molecule has 0 saturated heterocycles. The minimum Gasteiger partial charge on any atom is -0.397 e. The summed E-state index contributed by atoms with van der Waals surface area (Å²) in [5.41, 5.74) is 7.15. The summed E-state index contributed by atoms with van der Waals surface area (Å²) in [5, 5.41) is 0. The number of nitrogens with zero attached hydrogens (tertiary/aromatic N) is 2. The van der Waals surface area contributed by atoms with Gasteiger partial charge in [-0.2, -0.15) is 0 Å². The first-order valence-electron chi connectivity index (χ1n) is 5.56. The van der Waals surface area contributed by atoms with Gasteiger partial charge in [-0.3, -0.25) is 0 Å². The third-order valence-corrected chi connectivity index (χ3v) is 3.14. The second-order valence-electron chi connectivity index (χ2n) is 3.79. The fourth-order valence-corrected chi connectivity index (χ4v) is 2.30. The van der Waals surface area contributed by atoms with Crippen LogP contribution in [0.1, 0.15) is 6.92 Å². The van der Waals surface area contributed by atoms with E-state index in [-0.39, 0.29) is 5.82 Å². The van der Waals surface area contributed by atoms with E-state index in [1.165, 1.54) is 12.1 Å². The molecule has 2 aromatic rings. The number of halogens is 2. The van der Waals surface area contributed by atoms with Crippen LogP contribution < -0.4 is 10.6 Å². The summed E-state index contributed by atoms with van der Waals surface area (Å²) in [6, 6.07) is 8.12. The predicted molar refractivity (Wildman–Crippen MR) is 75.4 cm³/mol. The van der Waals surface area contributed by atoms with Crippen LogP contribution >= 0.6 is 15.9 Å². The van der Waals surface area contributed by atoms with Crippen molar-refractivity contribution in [3.8, 4) is 0 Å². The molecule has 5 heteroatoms. The summed E-state index contributed by atoms with van der Waals surface area (Å²) in [4.78, 5) is 6.28. The highest BCUT2D eigenvalue weighted by Crippen LogP contribution is 2.31. The summed E-state index contributed by atoms with van der Waals surface area (Å²) >= 11 is 3.44. The molecule has 1 aromatic heterocycles. The van der Waals surface area contributed by atoms with Crippen molar-refractivity contribution in [2.45, 2.75) is 6.92 Å². The van der Waals surface area contributed by atoms with Gasteiger partial charge in [0.1, 0.15) is 11.6 Å². The van der Waals surface area contributed by atoms with Crippen LogP contribution in [0.25, 0.3) is 0 Å². The number of hydrogen-bond donors (Lipinski definition) is 1. The fraction of sp³-hybridized carbons (Fsp3) is 0.154. The van der Waals surface area contributed by atoms with E-state index in [1.54, 1.807) is 24.4 Å². The van der Waals surface area contributed by atoms with Crippen LogP contribution in [0, 0.1) is 5.82 Å². The zero-order valence-corrected chi connectivity index (χ0v) is 11.5. The lowest BCUT2D eigenvalue weighted by molar-refractivity contribution is 0.628. The second-order valence-corrected chi connectivity index (χ2v) is 4.65. The van der Waals surface area contributed by atoms with E-state index in [9.17, 15) is 4.39 Å². The first-order chi connectivity index (χ1) is 8.61. The van der Waals surface area contributed by atoms with Crippen molar-refractivity contribution in [3.63, 3.8) is 0 Å². The van der Waals surface area contributed by atoms with E-state index < -0.39 is 0 Å². The van der Waals surface area contributed by atoms with Crippen LogP contribution in [0.3, 0.4) is 0 Å². The molecule has 0 unspecified atom stereocenters. The number of aromatic nitrogens is 1. The first-order valence-corrected chi connectivity index (χ1v) is 6.35. The topological polar surface area (TPSA) is 42.2 Å². The average molecular weight is 310 g/mol. The van der Waals surface area contributed by atoms with Crippen LogP contribution in [-0.4, -0.2) is 11.5 Å². The molecule has 1 heterocycles. The van der Waals surface area contributed by atoms with Crippen molar-refractivity contribution < 1.29 is 4.39 Å². The van der Waals surface area contributed by atoms with Gasteiger partial charge >= 0.3 is 0 Å². The Morgan fingerprint density at radius 3 is 2.56 bits per heavy atom. The van der Waals surface area contributed by atoms with E-state index in [0.29, 0.717) is 5.69 Å². The first kappa shape index (κ1) is 12.8. The third-order valence-electron chi connectivity index (χ3n) is 2.55. The van der Waals surface area contributed by atoms with Gasteiger partial charge in [0.2, 0.25) is 0 Å². The summed E-state index contributed by atoms with van der Waals surface area (Å²) in [7, 11) is 0. The maximum atomic E-state index is 12.9. The number of benzene rings is 1. The Morgan fingerprint density at radius 2 is 2.00 bits per heavy atom. The highest BCUT2D eigenvalue weighted by Gasteiger charge is 2.12. The van der Waals surface area contributed by atoms with Crippen molar-refractivity contribution >= 4 is 33.1 Å². The van der Waals surface area contributed by atoms with E-state index in [2.05, 4.69) is 20.9 Å². The van der Waals surface area contributed by atoms with Gasteiger partial charge in [0, 0.05) is 12.2 Å². The van der Waals surface area contributed by atoms with Gasteiger partial charge in [0.05, 0.1) is 16.4 Å². The van der Waals surface area contributed by atoms with Gasteiger partial charge in [0.15, 0.2) is 0 Å². The molecule has 0 spiro atoms. The molecule has 0 radical (unpaired) electrons. The number of nitrogens with two attached hydrogens (primary N) is 1. The number of hydrogen-bond acceptors (Lipinski definition) is 3. The lowest BCUT2D eigenvalue weighted by Gasteiger charge is -2.23. The predicted octanol–water partition coefficient (Wildman–Crippen LogP) is 3.72. The zero-order chi connectivity index (χ0) is 13.1. The zero-order valence-electron chi connectivity index (χ0n) is 9.90.